The Labute approximate surface area is 76.2 Å². The maximum absolute atomic E-state index is 9.05. The summed E-state index contributed by atoms with van der Waals surface area (Å²) in [6, 6.07) is 2.62. The van der Waals surface area contributed by atoms with Crippen molar-refractivity contribution in [1.82, 2.24) is 5.32 Å². The van der Waals surface area contributed by atoms with Gasteiger partial charge in [-0.25, -0.2) is 0 Å². The van der Waals surface area contributed by atoms with Crippen LogP contribution in [0.4, 0.5) is 0 Å². The van der Waals surface area contributed by atoms with Crippen molar-refractivity contribution in [3.8, 4) is 0 Å². The Morgan fingerprint density at radius 3 is 3.25 bits per heavy atom. The fourth-order valence-electron chi connectivity index (χ4n) is 1.74. The predicted molar refractivity (Wildman–Crippen MR) is 50.2 cm³/mol. The molecule has 1 aliphatic rings. The summed E-state index contributed by atoms with van der Waals surface area (Å²) >= 11 is 1.65. The van der Waals surface area contributed by atoms with E-state index in [0.29, 0.717) is 6.04 Å². The fraction of sp³-hybridized carbons (Fsp3) is 0.556. The molecule has 2 nitrogen and oxygen atoms in total. The highest BCUT2D eigenvalue weighted by Crippen LogP contribution is 2.29. The molecule has 0 aromatic carbocycles. The third-order valence-corrected chi connectivity index (χ3v) is 3.28. The van der Waals surface area contributed by atoms with Gasteiger partial charge >= 0.3 is 0 Å². The molecule has 2 heterocycles. The number of nitrogens with one attached hydrogen (secondary N) is 1. The van der Waals surface area contributed by atoms with E-state index in [1.165, 1.54) is 18.4 Å². The second kappa shape index (κ2) is 3.56. The van der Waals surface area contributed by atoms with Gasteiger partial charge in [-0.2, -0.15) is 0 Å². The van der Waals surface area contributed by atoms with Gasteiger partial charge in [-0.15, -0.1) is 11.3 Å². The minimum atomic E-state index is 0.186. The van der Waals surface area contributed by atoms with Gasteiger partial charge in [-0.3, -0.25) is 0 Å². The van der Waals surface area contributed by atoms with Crippen molar-refractivity contribution in [1.29, 1.82) is 0 Å². The Kier molecular flexibility index (Phi) is 2.44. The minimum Gasteiger partial charge on any atom is -0.391 e. The number of aliphatic hydroxyl groups is 1. The van der Waals surface area contributed by atoms with Gasteiger partial charge in [-0.05, 0) is 36.4 Å². The Morgan fingerprint density at radius 1 is 1.67 bits per heavy atom. The van der Waals surface area contributed by atoms with Crippen molar-refractivity contribution in [2.24, 2.45) is 0 Å². The lowest BCUT2D eigenvalue weighted by Crippen LogP contribution is -2.13. The van der Waals surface area contributed by atoms with Gasteiger partial charge in [0.1, 0.15) is 0 Å². The second-order valence-electron chi connectivity index (χ2n) is 3.11. The molecule has 0 unspecified atom stereocenters. The van der Waals surface area contributed by atoms with Crippen LogP contribution in [-0.4, -0.2) is 11.7 Å². The molecule has 12 heavy (non-hydrogen) atoms. The van der Waals surface area contributed by atoms with Crippen LogP contribution in [0.2, 0.25) is 0 Å². The van der Waals surface area contributed by atoms with E-state index in [9.17, 15) is 0 Å². The summed E-state index contributed by atoms with van der Waals surface area (Å²) in [6.45, 7) is 1.30. The smallest absolute Gasteiger partial charge is 0.0777 e. The molecule has 0 radical (unpaired) electrons. The summed E-state index contributed by atoms with van der Waals surface area (Å²) < 4.78 is 0. The van der Waals surface area contributed by atoms with Crippen molar-refractivity contribution >= 4 is 11.3 Å². The first kappa shape index (κ1) is 8.23. The van der Waals surface area contributed by atoms with Gasteiger partial charge in [0.15, 0.2) is 0 Å². The first-order valence-electron chi connectivity index (χ1n) is 4.32. The van der Waals surface area contributed by atoms with E-state index in [4.69, 9.17) is 5.11 Å². The van der Waals surface area contributed by atoms with Gasteiger partial charge in [0.2, 0.25) is 0 Å². The number of hydrogen-bond acceptors (Lipinski definition) is 3. The molecule has 1 saturated heterocycles. The Balaban J connectivity index is 2.19. The lowest BCUT2D eigenvalue weighted by Gasteiger charge is -2.09. The number of thiophene rings is 1. The second-order valence-corrected chi connectivity index (χ2v) is 4.11. The van der Waals surface area contributed by atoms with Gasteiger partial charge in [-0.1, -0.05) is 0 Å². The summed E-state index contributed by atoms with van der Waals surface area (Å²) in [5.41, 5.74) is 1.31. The molecule has 2 rings (SSSR count). The van der Waals surface area contributed by atoms with Crippen molar-refractivity contribution in [3.05, 3.63) is 21.9 Å². The van der Waals surface area contributed by atoms with Gasteiger partial charge in [0.05, 0.1) is 6.61 Å². The van der Waals surface area contributed by atoms with Crippen molar-refractivity contribution in [2.75, 3.05) is 6.54 Å². The van der Waals surface area contributed by atoms with E-state index in [0.717, 1.165) is 11.4 Å². The van der Waals surface area contributed by atoms with Gasteiger partial charge < -0.3 is 10.4 Å². The van der Waals surface area contributed by atoms with Crippen LogP contribution in [0.25, 0.3) is 0 Å². The summed E-state index contributed by atoms with van der Waals surface area (Å²) in [6.07, 6.45) is 2.47. The molecule has 0 spiro atoms. The average molecular weight is 183 g/mol. The lowest BCUT2D eigenvalue weighted by atomic mass is 10.1. The van der Waals surface area contributed by atoms with E-state index in [2.05, 4.69) is 16.8 Å². The zero-order chi connectivity index (χ0) is 8.39. The molecule has 1 fully saturated rings. The fourth-order valence-corrected chi connectivity index (χ4v) is 2.54. The number of aliphatic hydroxyl groups excluding tert-OH is 1. The zero-order valence-corrected chi connectivity index (χ0v) is 7.73. The van der Waals surface area contributed by atoms with Crippen LogP contribution in [0.15, 0.2) is 11.4 Å². The Hall–Kier alpha value is -0.380. The SMILES string of the molecule is OCc1sccc1[C@@H]1CCCN1. The van der Waals surface area contributed by atoms with Gasteiger partial charge in [0.25, 0.3) is 0 Å². The van der Waals surface area contributed by atoms with E-state index in [1.807, 2.05) is 0 Å². The molecule has 0 aliphatic carbocycles. The van der Waals surface area contributed by atoms with E-state index in [-0.39, 0.29) is 6.61 Å². The van der Waals surface area contributed by atoms with Crippen LogP contribution < -0.4 is 5.32 Å². The first-order valence-corrected chi connectivity index (χ1v) is 5.20. The molecule has 2 N–H and O–H groups in total. The molecule has 1 aliphatic heterocycles. The first-order chi connectivity index (χ1) is 5.92. The topological polar surface area (TPSA) is 32.3 Å². The molecule has 1 aromatic heterocycles. The molecule has 1 atom stereocenters. The highest BCUT2D eigenvalue weighted by Gasteiger charge is 2.19. The summed E-state index contributed by atoms with van der Waals surface area (Å²) in [4.78, 5) is 1.12. The van der Waals surface area contributed by atoms with E-state index >= 15 is 0 Å². The lowest BCUT2D eigenvalue weighted by molar-refractivity contribution is 0.283. The van der Waals surface area contributed by atoms with Crippen LogP contribution in [-0.2, 0) is 6.61 Å². The largest absolute Gasteiger partial charge is 0.391 e. The van der Waals surface area contributed by atoms with Crippen molar-refractivity contribution in [2.45, 2.75) is 25.5 Å². The maximum Gasteiger partial charge on any atom is 0.0777 e. The molecule has 1 aromatic rings. The molecular formula is C9H13NOS. The maximum atomic E-state index is 9.05. The molecule has 0 saturated carbocycles. The molecule has 0 bridgehead atoms. The van der Waals surface area contributed by atoms with Crippen molar-refractivity contribution < 1.29 is 5.11 Å². The summed E-state index contributed by atoms with van der Waals surface area (Å²) in [5.74, 6) is 0. The third-order valence-electron chi connectivity index (χ3n) is 2.36. The van der Waals surface area contributed by atoms with Crippen LogP contribution in [0, 0.1) is 0 Å². The predicted octanol–water partition coefficient (Wildman–Crippen LogP) is 1.66. The monoisotopic (exact) mass is 183 g/mol. The van der Waals surface area contributed by atoms with Crippen LogP contribution in [0.3, 0.4) is 0 Å². The minimum absolute atomic E-state index is 0.186. The summed E-state index contributed by atoms with van der Waals surface area (Å²) in [5, 5.41) is 14.5. The highest BCUT2D eigenvalue weighted by molar-refractivity contribution is 7.10. The average Bonchev–Trinajstić information content (AvgIpc) is 2.74. The molecular weight excluding hydrogens is 170 g/mol. The zero-order valence-electron chi connectivity index (χ0n) is 6.92. The summed E-state index contributed by atoms with van der Waals surface area (Å²) in [7, 11) is 0. The number of hydrogen-bond donors (Lipinski definition) is 2. The Bertz CT molecular complexity index is 253. The molecule has 3 heteroatoms. The van der Waals surface area contributed by atoms with Crippen LogP contribution in [0.5, 0.6) is 0 Å². The van der Waals surface area contributed by atoms with Crippen LogP contribution in [0.1, 0.15) is 29.3 Å². The Morgan fingerprint density at radius 2 is 2.58 bits per heavy atom. The van der Waals surface area contributed by atoms with Gasteiger partial charge in [0, 0.05) is 10.9 Å². The quantitative estimate of drug-likeness (QED) is 0.731. The van der Waals surface area contributed by atoms with E-state index in [1.54, 1.807) is 11.3 Å². The van der Waals surface area contributed by atoms with Crippen molar-refractivity contribution in [3.63, 3.8) is 0 Å². The van der Waals surface area contributed by atoms with E-state index < -0.39 is 0 Å². The standard InChI is InChI=1S/C9H13NOS/c11-6-9-7(3-5-12-9)8-2-1-4-10-8/h3,5,8,10-11H,1-2,4,6H2/t8-/m0/s1. The molecule has 0 amide bonds. The normalized spacial score (nSPS) is 23.2. The highest BCUT2D eigenvalue weighted by atomic mass is 32.1. The van der Waals surface area contributed by atoms with Crippen LogP contribution >= 0.6 is 11.3 Å². The number of rotatable bonds is 2. The molecule has 66 valence electrons. The third kappa shape index (κ3) is 1.40.